The highest BCUT2D eigenvalue weighted by molar-refractivity contribution is 5.88. The SMILES string of the molecule is CCC(C(N)=O)N1C=C(C#CC2CC2)C=CCC1=O. The molecule has 2 rings (SSSR count). The van der Waals surface area contributed by atoms with E-state index in [4.69, 9.17) is 5.73 Å². The van der Waals surface area contributed by atoms with E-state index >= 15 is 0 Å². The van der Waals surface area contributed by atoms with Crippen LogP contribution in [0.3, 0.4) is 0 Å². The van der Waals surface area contributed by atoms with Gasteiger partial charge < -0.3 is 10.6 Å². The number of carbonyl (C=O) groups is 2. The molecule has 0 aromatic carbocycles. The quantitative estimate of drug-likeness (QED) is 0.776. The van der Waals surface area contributed by atoms with Crippen LogP contribution in [0.2, 0.25) is 0 Å². The average molecular weight is 258 g/mol. The molecule has 1 heterocycles. The number of amides is 2. The van der Waals surface area contributed by atoms with Crippen molar-refractivity contribution in [2.75, 3.05) is 0 Å². The molecular weight excluding hydrogens is 240 g/mol. The van der Waals surface area contributed by atoms with Crippen LogP contribution < -0.4 is 5.73 Å². The Balaban J connectivity index is 2.24. The van der Waals surface area contributed by atoms with Crippen molar-refractivity contribution in [2.24, 2.45) is 11.7 Å². The van der Waals surface area contributed by atoms with Crippen molar-refractivity contribution in [3.63, 3.8) is 0 Å². The third-order valence-electron chi connectivity index (χ3n) is 3.20. The Labute approximate surface area is 113 Å². The summed E-state index contributed by atoms with van der Waals surface area (Å²) < 4.78 is 0. The van der Waals surface area contributed by atoms with Gasteiger partial charge in [-0.1, -0.05) is 24.8 Å². The Morgan fingerprint density at radius 1 is 1.58 bits per heavy atom. The van der Waals surface area contributed by atoms with Gasteiger partial charge in [0.25, 0.3) is 0 Å². The number of nitrogens with two attached hydrogens (primary N) is 1. The minimum absolute atomic E-state index is 0.120. The first-order valence-electron chi connectivity index (χ1n) is 6.62. The van der Waals surface area contributed by atoms with E-state index in [1.165, 1.54) is 4.90 Å². The summed E-state index contributed by atoms with van der Waals surface area (Å²) >= 11 is 0. The molecule has 100 valence electrons. The minimum Gasteiger partial charge on any atom is -0.368 e. The molecule has 2 aliphatic rings. The highest BCUT2D eigenvalue weighted by atomic mass is 16.2. The number of hydrogen-bond acceptors (Lipinski definition) is 2. The molecule has 0 bridgehead atoms. The molecule has 1 aliphatic carbocycles. The first-order valence-corrected chi connectivity index (χ1v) is 6.62. The fourth-order valence-electron chi connectivity index (χ4n) is 1.94. The van der Waals surface area contributed by atoms with Crippen LogP contribution >= 0.6 is 0 Å². The van der Waals surface area contributed by atoms with E-state index in [0.717, 1.165) is 18.4 Å². The summed E-state index contributed by atoms with van der Waals surface area (Å²) in [4.78, 5) is 24.8. The molecule has 0 saturated heterocycles. The molecule has 1 aliphatic heterocycles. The van der Waals surface area contributed by atoms with Gasteiger partial charge in [0.2, 0.25) is 11.8 Å². The average Bonchev–Trinajstić information content (AvgIpc) is 3.17. The van der Waals surface area contributed by atoms with Crippen LogP contribution in [-0.2, 0) is 9.59 Å². The second kappa shape index (κ2) is 5.75. The van der Waals surface area contributed by atoms with Crippen LogP contribution in [0.15, 0.2) is 23.9 Å². The largest absolute Gasteiger partial charge is 0.368 e. The molecule has 2 amide bonds. The first kappa shape index (κ1) is 13.4. The van der Waals surface area contributed by atoms with Crippen LogP contribution in [0.25, 0.3) is 0 Å². The predicted molar refractivity (Wildman–Crippen MR) is 72.5 cm³/mol. The van der Waals surface area contributed by atoms with Gasteiger partial charge in [0.1, 0.15) is 6.04 Å². The molecule has 4 heteroatoms. The smallest absolute Gasteiger partial charge is 0.240 e. The lowest BCUT2D eigenvalue weighted by molar-refractivity contribution is -0.135. The monoisotopic (exact) mass is 258 g/mol. The number of carbonyl (C=O) groups excluding carboxylic acids is 2. The molecule has 1 unspecified atom stereocenters. The maximum atomic E-state index is 12.0. The number of allylic oxidation sites excluding steroid dienone is 2. The van der Waals surface area contributed by atoms with Crippen LogP contribution in [0.4, 0.5) is 0 Å². The van der Waals surface area contributed by atoms with Crippen LogP contribution in [-0.4, -0.2) is 22.8 Å². The molecular formula is C15H18N2O2. The molecule has 0 aromatic rings. The van der Waals surface area contributed by atoms with Crippen molar-refractivity contribution in [3.8, 4) is 11.8 Å². The molecule has 2 N–H and O–H groups in total. The molecule has 1 atom stereocenters. The normalized spacial score (nSPS) is 20.2. The van der Waals surface area contributed by atoms with Crippen molar-refractivity contribution in [1.82, 2.24) is 4.90 Å². The molecule has 1 saturated carbocycles. The van der Waals surface area contributed by atoms with Gasteiger partial charge in [-0.3, -0.25) is 9.59 Å². The van der Waals surface area contributed by atoms with E-state index in [0.29, 0.717) is 12.3 Å². The fraction of sp³-hybridized carbons (Fsp3) is 0.467. The summed E-state index contributed by atoms with van der Waals surface area (Å²) in [5, 5.41) is 0. The molecule has 4 nitrogen and oxygen atoms in total. The van der Waals surface area contributed by atoms with Crippen molar-refractivity contribution < 1.29 is 9.59 Å². The zero-order valence-corrected chi connectivity index (χ0v) is 11.1. The second-order valence-corrected chi connectivity index (χ2v) is 4.86. The molecule has 1 fully saturated rings. The van der Waals surface area contributed by atoms with Crippen LogP contribution in [0.5, 0.6) is 0 Å². The predicted octanol–water partition coefficient (Wildman–Crippen LogP) is 1.34. The van der Waals surface area contributed by atoms with Crippen molar-refractivity contribution >= 4 is 11.8 Å². The topological polar surface area (TPSA) is 63.4 Å². The van der Waals surface area contributed by atoms with Gasteiger partial charge in [-0.2, -0.15) is 0 Å². The highest BCUT2D eigenvalue weighted by Crippen LogP contribution is 2.27. The summed E-state index contributed by atoms with van der Waals surface area (Å²) in [6.07, 6.45) is 8.36. The van der Waals surface area contributed by atoms with Gasteiger partial charge in [0, 0.05) is 24.1 Å². The van der Waals surface area contributed by atoms with Gasteiger partial charge in [-0.25, -0.2) is 0 Å². The zero-order chi connectivity index (χ0) is 13.8. The van der Waals surface area contributed by atoms with Crippen molar-refractivity contribution in [1.29, 1.82) is 0 Å². The standard InChI is InChI=1S/C15H18N2O2/c1-2-13(15(16)19)17-10-12(4-3-5-14(17)18)9-8-11-6-7-11/h3-4,10-11,13H,2,5-7H2,1H3,(H2,16,19). The summed E-state index contributed by atoms with van der Waals surface area (Å²) in [7, 11) is 0. The molecule has 0 aromatic heterocycles. The van der Waals surface area contributed by atoms with E-state index in [-0.39, 0.29) is 12.3 Å². The van der Waals surface area contributed by atoms with Crippen molar-refractivity contribution in [3.05, 3.63) is 23.9 Å². The third-order valence-corrected chi connectivity index (χ3v) is 3.20. The Bertz CT molecular complexity index is 504. The zero-order valence-electron chi connectivity index (χ0n) is 11.1. The summed E-state index contributed by atoms with van der Waals surface area (Å²) in [5.74, 6) is 6.12. The minimum atomic E-state index is -0.592. The van der Waals surface area contributed by atoms with E-state index < -0.39 is 11.9 Å². The van der Waals surface area contributed by atoms with E-state index in [2.05, 4.69) is 11.8 Å². The lowest BCUT2D eigenvalue weighted by atomic mass is 10.1. The van der Waals surface area contributed by atoms with Gasteiger partial charge in [0.15, 0.2) is 0 Å². The van der Waals surface area contributed by atoms with Crippen molar-refractivity contribution in [2.45, 2.75) is 38.6 Å². The third kappa shape index (κ3) is 3.47. The number of nitrogens with zero attached hydrogens (tertiary/aromatic N) is 1. The number of hydrogen-bond donors (Lipinski definition) is 1. The van der Waals surface area contributed by atoms with Gasteiger partial charge >= 0.3 is 0 Å². The summed E-state index contributed by atoms with van der Waals surface area (Å²) in [6, 6.07) is -0.592. The number of rotatable bonds is 3. The Morgan fingerprint density at radius 2 is 2.32 bits per heavy atom. The molecule has 0 radical (unpaired) electrons. The highest BCUT2D eigenvalue weighted by Gasteiger charge is 2.25. The number of primary amides is 1. The summed E-state index contributed by atoms with van der Waals surface area (Å²) in [5.41, 5.74) is 6.11. The Kier molecular flexibility index (Phi) is 4.06. The lowest BCUT2D eigenvalue weighted by Gasteiger charge is -2.24. The van der Waals surface area contributed by atoms with Gasteiger partial charge in [-0.15, -0.1) is 0 Å². The summed E-state index contributed by atoms with van der Waals surface area (Å²) in [6.45, 7) is 1.84. The molecule has 19 heavy (non-hydrogen) atoms. The van der Waals surface area contributed by atoms with E-state index in [9.17, 15) is 9.59 Å². The van der Waals surface area contributed by atoms with Gasteiger partial charge in [0.05, 0.1) is 0 Å². The maximum absolute atomic E-state index is 12.0. The Morgan fingerprint density at radius 3 is 2.89 bits per heavy atom. The van der Waals surface area contributed by atoms with Gasteiger partial charge in [-0.05, 0) is 25.3 Å². The van der Waals surface area contributed by atoms with E-state index in [1.807, 2.05) is 13.0 Å². The second-order valence-electron chi connectivity index (χ2n) is 4.86. The maximum Gasteiger partial charge on any atom is 0.240 e. The first-order chi connectivity index (χ1) is 9.11. The fourth-order valence-corrected chi connectivity index (χ4v) is 1.94. The van der Waals surface area contributed by atoms with Crippen LogP contribution in [0.1, 0.15) is 32.6 Å². The van der Waals surface area contributed by atoms with E-state index in [1.54, 1.807) is 12.3 Å². The lowest BCUT2D eigenvalue weighted by Crippen LogP contribution is -2.44. The Hall–Kier alpha value is -2.02. The molecule has 0 spiro atoms. The van der Waals surface area contributed by atoms with Crippen LogP contribution in [0, 0.1) is 17.8 Å².